The zero-order chi connectivity index (χ0) is 38.8. The first-order valence-corrected chi connectivity index (χ1v) is 20.6. The predicted molar refractivity (Wildman–Crippen MR) is 243 cm³/mol. The number of hydrogen-bond acceptors (Lipinski definition) is 4. The van der Waals surface area contributed by atoms with E-state index in [-0.39, 0.29) is 5.41 Å². The summed E-state index contributed by atoms with van der Waals surface area (Å²) in [5.41, 5.74) is 14.7. The number of benzene rings is 8. The Morgan fingerprint density at radius 1 is 0.362 bits per heavy atom. The van der Waals surface area contributed by atoms with Gasteiger partial charge in [-0.15, -0.1) is 11.3 Å². The fourth-order valence-electron chi connectivity index (χ4n) is 8.87. The molecule has 2 aromatic heterocycles. The first-order chi connectivity index (χ1) is 28.5. The Kier molecular flexibility index (Phi) is 8.02. The second-order valence-corrected chi connectivity index (χ2v) is 16.6. The van der Waals surface area contributed by atoms with Crippen molar-refractivity contribution in [3.8, 4) is 78.7 Å². The van der Waals surface area contributed by atoms with Crippen LogP contribution in [0.3, 0.4) is 0 Å². The van der Waals surface area contributed by atoms with Crippen LogP contribution in [0.25, 0.3) is 98.8 Å². The molecule has 0 aliphatic heterocycles. The third-order valence-corrected chi connectivity index (χ3v) is 13.0. The van der Waals surface area contributed by atoms with Crippen molar-refractivity contribution >= 4 is 31.5 Å². The van der Waals surface area contributed by atoms with E-state index in [1.165, 1.54) is 48.0 Å². The van der Waals surface area contributed by atoms with E-state index in [1.807, 2.05) is 11.3 Å². The summed E-state index contributed by atoms with van der Waals surface area (Å²) in [7, 11) is 0. The van der Waals surface area contributed by atoms with Crippen LogP contribution in [0.2, 0.25) is 0 Å². The molecule has 0 saturated heterocycles. The van der Waals surface area contributed by atoms with Gasteiger partial charge < -0.3 is 0 Å². The summed E-state index contributed by atoms with van der Waals surface area (Å²) >= 11 is 1.85. The highest BCUT2D eigenvalue weighted by Crippen LogP contribution is 2.52. The highest BCUT2D eigenvalue weighted by atomic mass is 32.1. The standard InChI is InChI=1S/C54H37N3S/c1-54(2)46-24-11-9-20-43(46)49-44(23-14-25-47(49)54)53-56-51(37-29-27-36(28-30-37)39-21-13-22-41-40-19-10-12-26-48(40)58-50(39)41)55-52(57-53)42-32-31-38(34-15-5-3-6-16-34)33-45(42)35-17-7-4-8-18-35/h3-33H,1-2H3. The third-order valence-electron chi connectivity index (χ3n) is 11.8. The average Bonchev–Trinajstić information content (AvgIpc) is 3.79. The quantitative estimate of drug-likeness (QED) is 0.169. The molecule has 0 spiro atoms. The fraction of sp³-hybridized carbons (Fsp3) is 0.0556. The molecule has 2 heterocycles. The lowest BCUT2D eigenvalue weighted by Crippen LogP contribution is -2.14. The predicted octanol–water partition coefficient (Wildman–Crippen LogP) is 14.5. The fourth-order valence-corrected chi connectivity index (χ4v) is 10.1. The molecule has 10 aromatic rings. The van der Waals surface area contributed by atoms with Crippen LogP contribution in [-0.4, -0.2) is 15.0 Å². The van der Waals surface area contributed by atoms with Gasteiger partial charge in [0.2, 0.25) is 0 Å². The molecular weight excluding hydrogens is 723 g/mol. The van der Waals surface area contributed by atoms with E-state index in [9.17, 15) is 0 Å². The average molecular weight is 760 g/mol. The van der Waals surface area contributed by atoms with E-state index < -0.39 is 0 Å². The molecule has 274 valence electrons. The van der Waals surface area contributed by atoms with Crippen molar-refractivity contribution in [1.29, 1.82) is 0 Å². The largest absolute Gasteiger partial charge is 0.208 e. The number of thiophene rings is 1. The normalized spacial score (nSPS) is 12.8. The molecule has 4 heteroatoms. The minimum absolute atomic E-state index is 0.151. The summed E-state index contributed by atoms with van der Waals surface area (Å²) in [6.07, 6.45) is 0. The Morgan fingerprint density at radius 2 is 0.914 bits per heavy atom. The van der Waals surface area contributed by atoms with Crippen molar-refractivity contribution in [3.63, 3.8) is 0 Å². The van der Waals surface area contributed by atoms with Gasteiger partial charge in [0.25, 0.3) is 0 Å². The summed E-state index contributed by atoms with van der Waals surface area (Å²) in [6.45, 7) is 4.63. The maximum atomic E-state index is 5.39. The van der Waals surface area contributed by atoms with Crippen LogP contribution in [0.4, 0.5) is 0 Å². The van der Waals surface area contributed by atoms with Gasteiger partial charge in [-0.1, -0.05) is 184 Å². The van der Waals surface area contributed by atoms with Crippen LogP contribution >= 0.6 is 11.3 Å². The number of aromatic nitrogens is 3. The smallest absolute Gasteiger partial charge is 0.164 e. The van der Waals surface area contributed by atoms with E-state index in [1.54, 1.807) is 0 Å². The summed E-state index contributed by atoms with van der Waals surface area (Å²) in [5, 5.41) is 2.60. The van der Waals surface area contributed by atoms with Crippen molar-refractivity contribution in [1.82, 2.24) is 15.0 Å². The van der Waals surface area contributed by atoms with Gasteiger partial charge in [0, 0.05) is 42.3 Å². The maximum Gasteiger partial charge on any atom is 0.164 e. The Balaban J connectivity index is 1.11. The molecule has 3 nitrogen and oxygen atoms in total. The van der Waals surface area contributed by atoms with Crippen LogP contribution in [0.1, 0.15) is 25.0 Å². The molecule has 0 saturated carbocycles. The minimum Gasteiger partial charge on any atom is -0.208 e. The molecule has 0 atom stereocenters. The second kappa shape index (κ2) is 13.6. The maximum absolute atomic E-state index is 5.39. The van der Waals surface area contributed by atoms with E-state index in [0.717, 1.165) is 44.5 Å². The first-order valence-electron chi connectivity index (χ1n) is 19.8. The Hall–Kier alpha value is -7.01. The summed E-state index contributed by atoms with van der Waals surface area (Å²) in [6, 6.07) is 67.1. The lowest BCUT2D eigenvalue weighted by atomic mass is 9.82. The molecule has 0 unspecified atom stereocenters. The second-order valence-electron chi connectivity index (χ2n) is 15.6. The molecule has 0 amide bonds. The van der Waals surface area contributed by atoms with Crippen molar-refractivity contribution in [2.24, 2.45) is 0 Å². The Labute approximate surface area is 342 Å². The van der Waals surface area contributed by atoms with E-state index >= 15 is 0 Å². The zero-order valence-corrected chi connectivity index (χ0v) is 33.0. The monoisotopic (exact) mass is 759 g/mol. The number of fused-ring (bicyclic) bond motifs is 6. The van der Waals surface area contributed by atoms with Crippen LogP contribution in [-0.2, 0) is 5.41 Å². The molecule has 8 aromatic carbocycles. The van der Waals surface area contributed by atoms with Crippen LogP contribution < -0.4 is 0 Å². The van der Waals surface area contributed by atoms with Gasteiger partial charge in [-0.3, -0.25) is 0 Å². The zero-order valence-electron chi connectivity index (χ0n) is 32.1. The summed E-state index contributed by atoms with van der Waals surface area (Å²) in [5.74, 6) is 1.94. The van der Waals surface area contributed by atoms with Crippen LogP contribution in [0.5, 0.6) is 0 Å². The Bertz CT molecular complexity index is 3180. The van der Waals surface area contributed by atoms with Gasteiger partial charge in [0.05, 0.1) is 0 Å². The molecule has 1 aliphatic carbocycles. The van der Waals surface area contributed by atoms with Crippen molar-refractivity contribution in [2.45, 2.75) is 19.3 Å². The van der Waals surface area contributed by atoms with Gasteiger partial charge in [0.15, 0.2) is 17.5 Å². The molecule has 11 rings (SSSR count). The van der Waals surface area contributed by atoms with Gasteiger partial charge in [-0.25, -0.2) is 15.0 Å². The minimum atomic E-state index is -0.151. The molecule has 0 bridgehead atoms. The highest BCUT2D eigenvalue weighted by Gasteiger charge is 2.37. The van der Waals surface area contributed by atoms with Crippen molar-refractivity contribution < 1.29 is 0 Å². The van der Waals surface area contributed by atoms with E-state index in [2.05, 4.69) is 202 Å². The van der Waals surface area contributed by atoms with Gasteiger partial charge >= 0.3 is 0 Å². The van der Waals surface area contributed by atoms with Crippen molar-refractivity contribution in [2.75, 3.05) is 0 Å². The first kappa shape index (κ1) is 34.3. The van der Waals surface area contributed by atoms with Crippen LogP contribution in [0, 0.1) is 0 Å². The summed E-state index contributed by atoms with van der Waals surface area (Å²) < 4.78 is 2.60. The van der Waals surface area contributed by atoms with Crippen LogP contribution in [0.15, 0.2) is 188 Å². The SMILES string of the molecule is CC1(C)c2ccccc2-c2c(-c3nc(-c4ccc(-c5cccc6c5sc5ccccc56)cc4)nc(-c4ccc(-c5ccccc5)cc4-c4ccccc4)n3)cccc21. The van der Waals surface area contributed by atoms with E-state index in [0.29, 0.717) is 17.5 Å². The molecule has 0 radical (unpaired) electrons. The molecule has 0 fully saturated rings. The van der Waals surface area contributed by atoms with Gasteiger partial charge in [-0.2, -0.15) is 0 Å². The van der Waals surface area contributed by atoms with Gasteiger partial charge in [0.1, 0.15) is 0 Å². The molecular formula is C54H37N3S. The molecule has 0 N–H and O–H groups in total. The lowest BCUT2D eigenvalue weighted by molar-refractivity contribution is 0.660. The topological polar surface area (TPSA) is 38.7 Å². The van der Waals surface area contributed by atoms with Gasteiger partial charge in [-0.05, 0) is 73.8 Å². The third kappa shape index (κ3) is 5.60. The number of rotatable bonds is 6. The van der Waals surface area contributed by atoms with E-state index in [4.69, 9.17) is 15.0 Å². The highest BCUT2D eigenvalue weighted by molar-refractivity contribution is 7.26. The van der Waals surface area contributed by atoms with Crippen molar-refractivity contribution in [3.05, 3.63) is 199 Å². The molecule has 1 aliphatic rings. The summed E-state index contributed by atoms with van der Waals surface area (Å²) in [4.78, 5) is 16.0. The lowest BCUT2D eigenvalue weighted by Gasteiger charge is -2.21. The number of nitrogens with zero attached hydrogens (tertiary/aromatic N) is 3. The Morgan fingerprint density at radius 3 is 1.72 bits per heavy atom. The molecule has 58 heavy (non-hydrogen) atoms. The number of hydrogen-bond donors (Lipinski definition) is 0.